The van der Waals surface area contributed by atoms with Gasteiger partial charge < -0.3 is 10.0 Å². The fourth-order valence-electron chi connectivity index (χ4n) is 3.78. The summed E-state index contributed by atoms with van der Waals surface area (Å²) < 4.78 is 0. The van der Waals surface area contributed by atoms with Gasteiger partial charge >= 0.3 is 7.12 Å². The Morgan fingerprint density at radius 2 is 1.69 bits per heavy atom. The maximum absolute atomic E-state index is 13.6. The van der Waals surface area contributed by atoms with Gasteiger partial charge in [-0.3, -0.25) is 15.0 Å². The van der Waals surface area contributed by atoms with Gasteiger partial charge in [-0.05, 0) is 55.4 Å². The number of nitrogens with zero attached hydrogens (tertiary/aromatic N) is 1. The van der Waals surface area contributed by atoms with E-state index in [-0.39, 0.29) is 33.4 Å². The molecule has 0 radical (unpaired) electrons. The molecule has 0 saturated carbocycles. The Morgan fingerprint density at radius 3 is 2.16 bits per heavy atom. The quantitative estimate of drug-likeness (QED) is 0.455. The molecule has 0 unspecified atom stereocenters. The first-order valence-corrected chi connectivity index (χ1v) is 11.1. The average molecular weight is 459 g/mol. The predicted octanol–water partition coefficient (Wildman–Crippen LogP) is 3.64. The van der Waals surface area contributed by atoms with Crippen LogP contribution in [0.2, 0.25) is 5.02 Å². The van der Waals surface area contributed by atoms with E-state index in [1.54, 1.807) is 0 Å². The van der Waals surface area contributed by atoms with Crippen LogP contribution in [0, 0.1) is 19.3 Å². The molecule has 0 aromatic heterocycles. The van der Waals surface area contributed by atoms with Crippen LogP contribution < -0.4 is 10.9 Å². The molecule has 172 valence electrons. The SMILES string of the molecule is CCC[C@@H](N(NC(=O)c1ccc(B(O)O)cc1Cl)C(=O)c1cc(C)cc(C)c1)C(C)(C)C. The van der Waals surface area contributed by atoms with Crippen LogP contribution in [0.5, 0.6) is 0 Å². The van der Waals surface area contributed by atoms with Gasteiger partial charge in [0.25, 0.3) is 11.8 Å². The van der Waals surface area contributed by atoms with Gasteiger partial charge in [-0.25, -0.2) is 5.01 Å². The number of hydrazine groups is 1. The smallest absolute Gasteiger partial charge is 0.423 e. The van der Waals surface area contributed by atoms with Crippen molar-refractivity contribution >= 4 is 36.0 Å². The van der Waals surface area contributed by atoms with Crippen molar-refractivity contribution in [1.29, 1.82) is 0 Å². The second kappa shape index (κ2) is 10.5. The number of carbonyl (C=O) groups is 2. The molecule has 6 nitrogen and oxygen atoms in total. The van der Waals surface area contributed by atoms with Gasteiger partial charge in [0.2, 0.25) is 0 Å². The minimum atomic E-state index is -1.69. The van der Waals surface area contributed by atoms with Crippen LogP contribution in [0.1, 0.15) is 72.4 Å². The summed E-state index contributed by atoms with van der Waals surface area (Å²) in [7, 11) is -1.69. The summed E-state index contributed by atoms with van der Waals surface area (Å²) in [6.07, 6.45) is 1.53. The van der Waals surface area contributed by atoms with Crippen LogP contribution in [-0.4, -0.2) is 40.0 Å². The Hall–Kier alpha value is -2.35. The Kier molecular flexibility index (Phi) is 8.51. The Morgan fingerprint density at radius 1 is 1.09 bits per heavy atom. The number of amides is 2. The van der Waals surface area contributed by atoms with Crippen molar-refractivity contribution in [2.45, 2.75) is 60.4 Å². The fourth-order valence-corrected chi connectivity index (χ4v) is 4.05. The van der Waals surface area contributed by atoms with Crippen molar-refractivity contribution in [3.8, 4) is 0 Å². The first-order valence-electron chi connectivity index (χ1n) is 10.7. The molecule has 2 aromatic rings. The third-order valence-corrected chi connectivity index (χ3v) is 5.63. The molecule has 8 heteroatoms. The van der Waals surface area contributed by atoms with Crippen LogP contribution in [-0.2, 0) is 0 Å². The summed E-state index contributed by atoms with van der Waals surface area (Å²) in [6.45, 7) is 12.0. The van der Waals surface area contributed by atoms with Gasteiger partial charge in [0.15, 0.2) is 0 Å². The molecule has 3 N–H and O–H groups in total. The molecule has 0 spiro atoms. The van der Waals surface area contributed by atoms with Gasteiger partial charge in [0.1, 0.15) is 0 Å². The van der Waals surface area contributed by atoms with E-state index in [0.29, 0.717) is 12.0 Å². The molecule has 0 heterocycles. The van der Waals surface area contributed by atoms with Crippen molar-refractivity contribution < 1.29 is 19.6 Å². The second-order valence-corrected chi connectivity index (χ2v) is 9.68. The number of aryl methyl sites for hydroxylation is 2. The second-order valence-electron chi connectivity index (χ2n) is 9.28. The molecule has 0 bridgehead atoms. The molecule has 2 amide bonds. The number of halogens is 1. The lowest BCUT2D eigenvalue weighted by atomic mass is 9.80. The van der Waals surface area contributed by atoms with E-state index >= 15 is 0 Å². The summed E-state index contributed by atoms with van der Waals surface area (Å²) in [6, 6.07) is 9.50. The van der Waals surface area contributed by atoms with E-state index in [9.17, 15) is 19.6 Å². The molecule has 2 rings (SSSR count). The average Bonchev–Trinajstić information content (AvgIpc) is 2.68. The number of hydrogen-bond donors (Lipinski definition) is 3. The first-order chi connectivity index (χ1) is 14.8. The first kappa shape index (κ1) is 25.9. The summed E-state index contributed by atoms with van der Waals surface area (Å²) >= 11 is 6.23. The molecular weight excluding hydrogens is 427 g/mol. The minimum absolute atomic E-state index is 0.0645. The standard InChI is InChI=1S/C24H32BClN2O4/c1-7-8-21(24(4,5)6)28(23(30)17-12-15(2)11-16(3)13-17)27-22(29)19-10-9-18(25(31)32)14-20(19)26/h9-14,21,31-32H,7-8H2,1-6H3,(H,27,29)/t21-/m1/s1. The van der Waals surface area contributed by atoms with Crippen molar-refractivity contribution in [3.63, 3.8) is 0 Å². The Labute approximate surface area is 195 Å². The third-order valence-electron chi connectivity index (χ3n) is 5.32. The lowest BCUT2D eigenvalue weighted by Crippen LogP contribution is -2.56. The van der Waals surface area contributed by atoms with E-state index in [1.807, 2.05) is 59.7 Å². The van der Waals surface area contributed by atoms with Crippen LogP contribution in [0.25, 0.3) is 0 Å². The van der Waals surface area contributed by atoms with Gasteiger partial charge in [-0.15, -0.1) is 0 Å². The van der Waals surface area contributed by atoms with Gasteiger partial charge in [0.05, 0.1) is 16.6 Å². The maximum Gasteiger partial charge on any atom is 0.488 e. The Bertz CT molecular complexity index is 968. The molecule has 0 saturated heterocycles. The highest BCUT2D eigenvalue weighted by molar-refractivity contribution is 6.59. The number of benzene rings is 2. The highest BCUT2D eigenvalue weighted by Gasteiger charge is 2.35. The van der Waals surface area contributed by atoms with E-state index < -0.39 is 13.0 Å². The van der Waals surface area contributed by atoms with Crippen molar-refractivity contribution in [2.75, 3.05) is 0 Å². The maximum atomic E-state index is 13.6. The number of hydrogen-bond acceptors (Lipinski definition) is 4. The number of carbonyl (C=O) groups excluding carboxylic acids is 2. The molecule has 0 fully saturated rings. The van der Waals surface area contributed by atoms with Crippen LogP contribution in [0.15, 0.2) is 36.4 Å². The summed E-state index contributed by atoms with van der Waals surface area (Å²) in [5, 5.41) is 20.1. The largest absolute Gasteiger partial charge is 0.488 e. The monoisotopic (exact) mass is 458 g/mol. The highest BCUT2D eigenvalue weighted by atomic mass is 35.5. The predicted molar refractivity (Wildman–Crippen MR) is 129 cm³/mol. The van der Waals surface area contributed by atoms with Gasteiger partial charge in [0, 0.05) is 5.56 Å². The van der Waals surface area contributed by atoms with Crippen molar-refractivity contribution in [3.05, 3.63) is 63.7 Å². The zero-order valence-electron chi connectivity index (χ0n) is 19.6. The normalized spacial score (nSPS) is 12.3. The van der Waals surface area contributed by atoms with Gasteiger partial charge in [-0.2, -0.15) is 0 Å². The van der Waals surface area contributed by atoms with E-state index in [4.69, 9.17) is 11.6 Å². The topological polar surface area (TPSA) is 89.9 Å². The third kappa shape index (κ3) is 6.34. The lowest BCUT2D eigenvalue weighted by Gasteiger charge is -2.40. The Balaban J connectivity index is 2.48. The van der Waals surface area contributed by atoms with Crippen molar-refractivity contribution in [2.24, 2.45) is 5.41 Å². The van der Waals surface area contributed by atoms with Crippen molar-refractivity contribution in [1.82, 2.24) is 10.4 Å². The fraction of sp³-hybridized carbons (Fsp3) is 0.417. The van der Waals surface area contributed by atoms with E-state index in [1.165, 1.54) is 23.2 Å². The molecule has 1 atom stereocenters. The number of nitrogens with one attached hydrogen (secondary N) is 1. The zero-order chi connectivity index (χ0) is 24.2. The summed E-state index contributed by atoms with van der Waals surface area (Å²) in [5.41, 5.74) is 5.22. The van der Waals surface area contributed by atoms with E-state index in [2.05, 4.69) is 5.43 Å². The molecule has 32 heavy (non-hydrogen) atoms. The van der Waals surface area contributed by atoms with Crippen LogP contribution in [0.4, 0.5) is 0 Å². The summed E-state index contributed by atoms with van der Waals surface area (Å²) in [5.74, 6) is -0.839. The van der Waals surface area contributed by atoms with Gasteiger partial charge in [-0.1, -0.05) is 69.0 Å². The molecule has 0 aliphatic carbocycles. The number of rotatable bonds is 6. The van der Waals surface area contributed by atoms with Crippen LogP contribution >= 0.6 is 11.6 Å². The van der Waals surface area contributed by atoms with E-state index in [0.717, 1.165) is 17.5 Å². The molecule has 0 aliphatic rings. The zero-order valence-corrected chi connectivity index (χ0v) is 20.3. The molecule has 2 aromatic carbocycles. The molecule has 0 aliphatic heterocycles. The van der Waals surface area contributed by atoms with Crippen LogP contribution in [0.3, 0.4) is 0 Å². The molecular formula is C24H32BClN2O4. The summed E-state index contributed by atoms with van der Waals surface area (Å²) in [4.78, 5) is 26.8. The highest BCUT2D eigenvalue weighted by Crippen LogP contribution is 2.29. The minimum Gasteiger partial charge on any atom is -0.423 e. The lowest BCUT2D eigenvalue weighted by molar-refractivity contribution is 0.0271.